The van der Waals surface area contributed by atoms with E-state index < -0.39 is 0 Å². The number of fused-ring (bicyclic) bond motifs is 1. The lowest BCUT2D eigenvalue weighted by atomic mass is 10.1. The molecule has 1 aliphatic heterocycles. The van der Waals surface area contributed by atoms with Crippen LogP contribution in [0.3, 0.4) is 0 Å². The summed E-state index contributed by atoms with van der Waals surface area (Å²) in [4.78, 5) is 21.8. The van der Waals surface area contributed by atoms with Crippen molar-refractivity contribution in [1.29, 1.82) is 0 Å². The summed E-state index contributed by atoms with van der Waals surface area (Å²) >= 11 is 0.961. The van der Waals surface area contributed by atoms with Crippen LogP contribution in [-0.2, 0) is 0 Å². The smallest absolute Gasteiger partial charge is 0.307 e. The molecule has 0 fully saturated rings. The summed E-state index contributed by atoms with van der Waals surface area (Å²) in [5.74, 6) is -0.108. The third-order valence-electron chi connectivity index (χ3n) is 2.40. The van der Waals surface area contributed by atoms with Crippen LogP contribution in [0.2, 0.25) is 0 Å². The molecule has 2 aromatic rings. The standard InChI is InChI=1S/C11H7N3O2S/c15-10-9(17-11(16)14-10)3-6-4-13-8-5-12-2-1-7(6)8/h1-5,15H,(H,14,16). The van der Waals surface area contributed by atoms with Gasteiger partial charge in [-0.3, -0.25) is 19.8 Å². The Balaban J connectivity index is 2.11. The molecular formula is C11H7N3O2S. The van der Waals surface area contributed by atoms with Crippen LogP contribution in [0.25, 0.3) is 11.6 Å². The van der Waals surface area contributed by atoms with Gasteiger partial charge in [0.2, 0.25) is 5.88 Å². The highest BCUT2D eigenvalue weighted by Crippen LogP contribution is 2.32. The monoisotopic (exact) mass is 245 g/mol. The number of hydrogen-bond acceptors (Lipinski definition) is 5. The number of allylic oxidation sites excluding steroid dienone is 1. The highest BCUT2D eigenvalue weighted by atomic mass is 32.1. The van der Waals surface area contributed by atoms with Crippen molar-refractivity contribution in [1.82, 2.24) is 9.97 Å². The first-order valence-corrected chi connectivity index (χ1v) is 5.68. The van der Waals surface area contributed by atoms with E-state index >= 15 is 0 Å². The molecule has 0 unspecified atom stereocenters. The molecule has 0 bridgehead atoms. The second-order valence-electron chi connectivity index (χ2n) is 3.48. The highest BCUT2D eigenvalue weighted by molar-refractivity contribution is 7.10. The van der Waals surface area contributed by atoms with Crippen molar-refractivity contribution in [2.45, 2.75) is 0 Å². The predicted molar refractivity (Wildman–Crippen MR) is 66.9 cm³/mol. The Morgan fingerprint density at radius 3 is 3.12 bits per heavy atom. The van der Waals surface area contributed by atoms with E-state index in [0.717, 1.165) is 28.2 Å². The van der Waals surface area contributed by atoms with E-state index in [0.29, 0.717) is 4.88 Å². The zero-order chi connectivity index (χ0) is 11.8. The molecule has 0 radical (unpaired) electrons. The van der Waals surface area contributed by atoms with Crippen LogP contribution < -0.4 is 4.87 Å². The van der Waals surface area contributed by atoms with Gasteiger partial charge in [0.05, 0.1) is 16.8 Å². The van der Waals surface area contributed by atoms with Crippen LogP contribution in [0.5, 0.6) is 5.88 Å². The van der Waals surface area contributed by atoms with E-state index in [1.54, 1.807) is 24.7 Å². The van der Waals surface area contributed by atoms with E-state index in [4.69, 9.17) is 0 Å². The van der Waals surface area contributed by atoms with Crippen molar-refractivity contribution in [3.63, 3.8) is 0 Å². The van der Waals surface area contributed by atoms with Crippen molar-refractivity contribution < 1.29 is 5.11 Å². The number of aromatic nitrogens is 2. The third-order valence-corrected chi connectivity index (χ3v) is 3.22. The molecule has 6 heteroatoms. The second kappa shape index (κ2) is 3.67. The first-order chi connectivity index (χ1) is 8.24. The summed E-state index contributed by atoms with van der Waals surface area (Å²) < 4.78 is 0. The fraction of sp³-hybridized carbons (Fsp3) is 0. The van der Waals surface area contributed by atoms with Gasteiger partial charge in [-0.15, -0.1) is 0 Å². The van der Waals surface area contributed by atoms with E-state index in [1.165, 1.54) is 0 Å². The number of aromatic hydroxyl groups is 1. The van der Waals surface area contributed by atoms with E-state index in [2.05, 4.69) is 15.0 Å². The first kappa shape index (κ1) is 9.98. The minimum atomic E-state index is -0.278. The Morgan fingerprint density at radius 2 is 2.35 bits per heavy atom. The first-order valence-electron chi connectivity index (χ1n) is 4.86. The maximum Gasteiger partial charge on any atom is 0.307 e. The highest BCUT2D eigenvalue weighted by Gasteiger charge is 2.13. The van der Waals surface area contributed by atoms with Gasteiger partial charge >= 0.3 is 4.87 Å². The Bertz CT molecular complexity index is 697. The predicted octanol–water partition coefficient (Wildman–Crippen LogP) is 1.79. The van der Waals surface area contributed by atoms with Crippen molar-refractivity contribution in [2.24, 2.45) is 4.99 Å². The van der Waals surface area contributed by atoms with Crippen LogP contribution in [0.4, 0.5) is 5.69 Å². The van der Waals surface area contributed by atoms with Crippen LogP contribution in [-0.4, -0.2) is 21.3 Å². The topological polar surface area (TPSA) is 78.3 Å². The van der Waals surface area contributed by atoms with Gasteiger partial charge in [0.15, 0.2) is 0 Å². The van der Waals surface area contributed by atoms with Crippen LogP contribution in [0.15, 0.2) is 28.2 Å². The fourth-order valence-electron chi connectivity index (χ4n) is 1.63. The normalized spacial score (nSPS) is 15.4. The lowest BCUT2D eigenvalue weighted by molar-refractivity contribution is 0.455. The Morgan fingerprint density at radius 1 is 1.47 bits per heavy atom. The maximum atomic E-state index is 11.1. The van der Waals surface area contributed by atoms with Gasteiger partial charge in [0, 0.05) is 23.5 Å². The average Bonchev–Trinajstić information content (AvgIpc) is 2.85. The molecule has 0 atom stereocenters. The van der Waals surface area contributed by atoms with Gasteiger partial charge in [-0.25, -0.2) is 0 Å². The molecule has 2 N–H and O–H groups in total. The quantitative estimate of drug-likeness (QED) is 0.804. The maximum absolute atomic E-state index is 11.1. The van der Waals surface area contributed by atoms with Crippen LogP contribution in [0, 0.1) is 0 Å². The van der Waals surface area contributed by atoms with E-state index in [-0.39, 0.29) is 10.8 Å². The summed E-state index contributed by atoms with van der Waals surface area (Å²) in [6, 6.07) is 1.85. The lowest BCUT2D eigenvalue weighted by Crippen LogP contribution is -1.89. The third kappa shape index (κ3) is 1.68. The zero-order valence-electron chi connectivity index (χ0n) is 8.54. The summed E-state index contributed by atoms with van der Waals surface area (Å²) in [6.07, 6.45) is 6.77. The summed E-state index contributed by atoms with van der Waals surface area (Å²) in [6.45, 7) is 0. The van der Waals surface area contributed by atoms with Crippen molar-refractivity contribution >= 4 is 34.9 Å². The van der Waals surface area contributed by atoms with Gasteiger partial charge in [0.25, 0.3) is 0 Å². The number of thiazole rings is 1. The number of aliphatic imine (C=N–C) groups is 1. The molecular weight excluding hydrogens is 238 g/mol. The molecule has 0 aliphatic carbocycles. The van der Waals surface area contributed by atoms with Crippen LogP contribution >= 0.6 is 11.3 Å². The Labute approximate surface area is 99.8 Å². The summed E-state index contributed by atoms with van der Waals surface area (Å²) in [7, 11) is 0. The average molecular weight is 245 g/mol. The Hall–Kier alpha value is -2.21. The number of hydrogen-bond donors (Lipinski definition) is 2. The molecule has 2 aromatic heterocycles. The molecule has 0 spiro atoms. The number of aromatic amines is 1. The molecule has 0 amide bonds. The minimum Gasteiger partial charge on any atom is -0.493 e. The fourth-order valence-corrected chi connectivity index (χ4v) is 2.31. The van der Waals surface area contributed by atoms with Crippen LogP contribution in [0.1, 0.15) is 10.4 Å². The van der Waals surface area contributed by atoms with Crippen molar-refractivity contribution in [3.05, 3.63) is 38.6 Å². The van der Waals surface area contributed by atoms with Gasteiger partial charge in [0.1, 0.15) is 0 Å². The molecule has 0 aromatic carbocycles. The number of rotatable bonds is 1. The number of H-pyrrole nitrogens is 1. The zero-order valence-corrected chi connectivity index (χ0v) is 9.36. The molecule has 5 nitrogen and oxygen atoms in total. The lowest BCUT2D eigenvalue weighted by Gasteiger charge is -1.97. The molecule has 1 aliphatic rings. The molecule has 0 saturated carbocycles. The SMILES string of the molecule is O=c1[nH]c(O)c(C=C2C=Nc3cnccc32)s1. The van der Waals surface area contributed by atoms with E-state index in [1.807, 2.05) is 6.07 Å². The van der Waals surface area contributed by atoms with Crippen molar-refractivity contribution in [3.8, 4) is 5.88 Å². The summed E-state index contributed by atoms with van der Waals surface area (Å²) in [5, 5.41) is 9.49. The van der Waals surface area contributed by atoms with Gasteiger partial charge in [-0.2, -0.15) is 0 Å². The second-order valence-corrected chi connectivity index (χ2v) is 4.49. The number of pyridine rings is 1. The number of nitrogens with zero attached hydrogens (tertiary/aromatic N) is 2. The number of nitrogens with one attached hydrogen (secondary N) is 1. The van der Waals surface area contributed by atoms with Crippen molar-refractivity contribution in [2.75, 3.05) is 0 Å². The molecule has 84 valence electrons. The van der Waals surface area contributed by atoms with Gasteiger partial charge in [-0.05, 0) is 12.1 Å². The van der Waals surface area contributed by atoms with Gasteiger partial charge < -0.3 is 5.11 Å². The minimum absolute atomic E-state index is 0.108. The largest absolute Gasteiger partial charge is 0.493 e. The van der Waals surface area contributed by atoms with E-state index in [9.17, 15) is 9.90 Å². The molecule has 3 rings (SSSR count). The van der Waals surface area contributed by atoms with Gasteiger partial charge in [-0.1, -0.05) is 11.3 Å². The molecule has 0 saturated heterocycles. The molecule has 17 heavy (non-hydrogen) atoms. The summed E-state index contributed by atoms with van der Waals surface area (Å²) in [5.41, 5.74) is 2.59. The molecule has 3 heterocycles. The Kier molecular flexibility index (Phi) is 2.15.